The molecule has 6 aromatic rings. The van der Waals surface area contributed by atoms with Gasteiger partial charge in [-0.25, -0.2) is 0 Å². The topological polar surface area (TPSA) is 22.6 Å². The molecule has 0 bridgehead atoms. The second-order valence-electron chi connectivity index (χ2n) is 16.2. The number of fused-ring (bicyclic) bond motifs is 7. The highest BCUT2D eigenvalue weighted by atomic mass is 15.3. The number of hydrogen-bond donors (Lipinski definition) is 0. The Labute approximate surface area is 319 Å². The Morgan fingerprint density at radius 3 is 1.93 bits per heavy atom. The van der Waals surface area contributed by atoms with Crippen molar-refractivity contribution in [3.05, 3.63) is 180 Å². The minimum Gasteiger partial charge on any atom is -0.358 e. The Morgan fingerprint density at radius 1 is 0.611 bits per heavy atom. The molecule has 11 rings (SSSR count). The number of benzene rings is 5. The van der Waals surface area contributed by atoms with Gasteiger partial charge in [-0.05, 0) is 120 Å². The molecule has 5 aromatic carbocycles. The molecule has 0 radical (unpaired) electrons. The summed E-state index contributed by atoms with van der Waals surface area (Å²) in [4.78, 5) is 12.4. The Bertz CT molecular complexity index is 2490. The smallest absolute Gasteiger partial charge is 0.251 e. The van der Waals surface area contributed by atoms with E-state index in [-0.39, 0.29) is 23.7 Å². The fraction of sp³-hybridized carbons (Fsp3) is 0.204. The first kappa shape index (κ1) is 31.7. The summed E-state index contributed by atoms with van der Waals surface area (Å²) < 4.78 is 0. The van der Waals surface area contributed by atoms with E-state index < -0.39 is 0 Å². The van der Waals surface area contributed by atoms with Gasteiger partial charge in [0.1, 0.15) is 0 Å². The molecule has 0 spiro atoms. The molecule has 2 aliphatic carbocycles. The molecule has 5 heteroatoms. The summed E-state index contributed by atoms with van der Waals surface area (Å²) in [5.41, 5.74) is 17.2. The van der Waals surface area contributed by atoms with Gasteiger partial charge in [-0.1, -0.05) is 98.6 Å². The molecule has 0 amide bonds. The summed E-state index contributed by atoms with van der Waals surface area (Å²) in [5.74, 6) is 0. The average Bonchev–Trinajstić information content (AvgIpc) is 3.44. The van der Waals surface area contributed by atoms with Gasteiger partial charge in [0, 0.05) is 69.6 Å². The average molecular weight is 699 g/mol. The van der Waals surface area contributed by atoms with Gasteiger partial charge in [0.25, 0.3) is 6.71 Å². The molecule has 1 saturated carbocycles. The number of hydrogen-bond acceptors (Lipinski definition) is 4. The summed E-state index contributed by atoms with van der Waals surface area (Å²) in [6.07, 6.45) is 12.3. The minimum atomic E-state index is -0.0437. The Hall–Kier alpha value is -5.81. The SMILES string of the molecule is CC12CCCCC1(C)N(C1C=C3C4=C(C1)N(c1ccccc1)c1ccccc1B4c1ccccc1N3c1ccccc1)c1ccc(-c3ccncc3)cc12. The van der Waals surface area contributed by atoms with Gasteiger partial charge < -0.3 is 14.7 Å². The summed E-state index contributed by atoms with van der Waals surface area (Å²) in [7, 11) is 0. The van der Waals surface area contributed by atoms with E-state index in [2.05, 4.69) is 179 Å². The highest BCUT2D eigenvalue weighted by Crippen LogP contribution is 2.61. The van der Waals surface area contributed by atoms with Crippen LogP contribution in [0.3, 0.4) is 0 Å². The molecule has 4 heterocycles. The van der Waals surface area contributed by atoms with Crippen molar-refractivity contribution in [1.82, 2.24) is 4.98 Å². The lowest BCUT2D eigenvalue weighted by Crippen LogP contribution is -2.61. The van der Waals surface area contributed by atoms with E-state index in [9.17, 15) is 0 Å². The standard InChI is InChI=1S/C49H43BN4/c1-48-27-13-14-28-49(48,2)54(42-24-23-35(31-39(42)48)34-25-29-51-30-26-34)38-32-45-47-46(33-38)53(37-17-7-4-8-18-37)44-22-12-10-20-41(44)50(47)40-19-9-11-21-43(40)52(45)36-15-5-3-6-16-36/h3-12,15-26,29-32,38H,13-14,27-28,33H2,1-2H3. The van der Waals surface area contributed by atoms with Crippen LogP contribution in [-0.2, 0) is 5.41 Å². The third kappa shape index (κ3) is 4.36. The lowest BCUT2D eigenvalue weighted by atomic mass is 9.32. The molecular formula is C49H43BN4. The predicted octanol–water partition coefficient (Wildman–Crippen LogP) is 10.2. The van der Waals surface area contributed by atoms with Crippen molar-refractivity contribution in [3.8, 4) is 11.1 Å². The highest BCUT2D eigenvalue weighted by Gasteiger charge is 2.59. The van der Waals surface area contributed by atoms with Crippen LogP contribution in [0.25, 0.3) is 11.1 Å². The first-order chi connectivity index (χ1) is 26.5. The van der Waals surface area contributed by atoms with Gasteiger partial charge >= 0.3 is 0 Å². The van der Waals surface area contributed by atoms with E-state index in [1.165, 1.54) is 98.6 Å². The Balaban J connectivity index is 1.18. The maximum atomic E-state index is 4.32. The molecular weight excluding hydrogens is 655 g/mol. The maximum absolute atomic E-state index is 4.32. The van der Waals surface area contributed by atoms with Crippen molar-refractivity contribution in [2.45, 2.75) is 62.9 Å². The van der Waals surface area contributed by atoms with Crippen LogP contribution in [0, 0.1) is 0 Å². The Kier molecular flexibility index (Phi) is 6.96. The fourth-order valence-corrected chi connectivity index (χ4v) is 11.1. The number of nitrogens with zero attached hydrogens (tertiary/aromatic N) is 4. The van der Waals surface area contributed by atoms with Crippen molar-refractivity contribution >= 4 is 46.1 Å². The van der Waals surface area contributed by atoms with Crippen LogP contribution in [0.5, 0.6) is 0 Å². The first-order valence-electron chi connectivity index (χ1n) is 19.7. The summed E-state index contributed by atoms with van der Waals surface area (Å²) in [6.45, 7) is 5.29. The van der Waals surface area contributed by atoms with E-state index >= 15 is 0 Å². The monoisotopic (exact) mass is 698 g/mol. The zero-order valence-corrected chi connectivity index (χ0v) is 31.0. The predicted molar refractivity (Wildman–Crippen MR) is 225 cm³/mol. The number of aromatic nitrogens is 1. The molecule has 3 aliphatic heterocycles. The van der Waals surface area contributed by atoms with Crippen molar-refractivity contribution in [2.24, 2.45) is 0 Å². The fourth-order valence-electron chi connectivity index (χ4n) is 11.1. The van der Waals surface area contributed by atoms with Gasteiger partial charge in [0.2, 0.25) is 0 Å². The van der Waals surface area contributed by atoms with Crippen LogP contribution in [0.4, 0.5) is 28.4 Å². The van der Waals surface area contributed by atoms with Gasteiger partial charge in [-0.3, -0.25) is 4.98 Å². The number of rotatable bonds is 4. The normalized spacial score (nSPS) is 23.6. The van der Waals surface area contributed by atoms with Crippen LogP contribution < -0.4 is 25.6 Å². The summed E-state index contributed by atoms with van der Waals surface area (Å²) in [6, 6.07) is 52.1. The maximum Gasteiger partial charge on any atom is 0.251 e. The molecule has 3 atom stereocenters. The van der Waals surface area contributed by atoms with E-state index in [1.807, 2.05) is 12.4 Å². The number of anilines is 5. The number of pyridine rings is 1. The molecule has 4 nitrogen and oxygen atoms in total. The third-order valence-electron chi connectivity index (χ3n) is 13.7. The first-order valence-corrected chi connectivity index (χ1v) is 19.7. The van der Waals surface area contributed by atoms with Crippen molar-refractivity contribution in [3.63, 3.8) is 0 Å². The second kappa shape index (κ2) is 11.8. The van der Waals surface area contributed by atoms with Crippen LogP contribution in [0.1, 0.15) is 51.5 Å². The molecule has 0 N–H and O–H groups in total. The number of allylic oxidation sites excluding steroid dienone is 1. The Morgan fingerprint density at radius 2 is 1.22 bits per heavy atom. The van der Waals surface area contributed by atoms with Crippen molar-refractivity contribution in [1.29, 1.82) is 0 Å². The van der Waals surface area contributed by atoms with Crippen molar-refractivity contribution < 1.29 is 0 Å². The largest absolute Gasteiger partial charge is 0.358 e. The van der Waals surface area contributed by atoms with Crippen molar-refractivity contribution in [2.75, 3.05) is 14.7 Å². The lowest BCUT2D eigenvalue weighted by Gasteiger charge is -2.55. The quantitative estimate of drug-likeness (QED) is 0.171. The van der Waals surface area contributed by atoms with Gasteiger partial charge in [-0.15, -0.1) is 0 Å². The molecule has 262 valence electrons. The van der Waals surface area contributed by atoms with Gasteiger partial charge in [0.05, 0.1) is 6.04 Å². The second-order valence-corrected chi connectivity index (χ2v) is 16.2. The van der Waals surface area contributed by atoms with Crippen LogP contribution in [0.2, 0.25) is 0 Å². The molecule has 3 unspecified atom stereocenters. The summed E-state index contributed by atoms with van der Waals surface area (Å²) >= 11 is 0. The van der Waals surface area contributed by atoms with Crippen LogP contribution in [0.15, 0.2) is 175 Å². The van der Waals surface area contributed by atoms with E-state index in [1.54, 1.807) is 0 Å². The zero-order chi connectivity index (χ0) is 36.0. The zero-order valence-electron chi connectivity index (χ0n) is 31.0. The van der Waals surface area contributed by atoms with E-state index in [0.717, 1.165) is 6.42 Å². The van der Waals surface area contributed by atoms with Crippen LogP contribution >= 0.6 is 0 Å². The number of para-hydroxylation sites is 4. The minimum absolute atomic E-state index is 0.0237. The van der Waals surface area contributed by atoms with Gasteiger partial charge in [-0.2, -0.15) is 0 Å². The molecule has 0 saturated heterocycles. The van der Waals surface area contributed by atoms with E-state index in [4.69, 9.17) is 0 Å². The lowest BCUT2D eigenvalue weighted by molar-refractivity contribution is 0.177. The van der Waals surface area contributed by atoms with E-state index in [0.29, 0.717) is 0 Å². The van der Waals surface area contributed by atoms with Crippen LogP contribution in [-0.4, -0.2) is 23.3 Å². The molecule has 5 aliphatic rings. The molecule has 1 aromatic heterocycles. The molecule has 54 heavy (non-hydrogen) atoms. The molecule has 1 fully saturated rings. The highest BCUT2D eigenvalue weighted by molar-refractivity contribution is 6.94. The third-order valence-corrected chi connectivity index (χ3v) is 13.7. The van der Waals surface area contributed by atoms with Gasteiger partial charge in [0.15, 0.2) is 0 Å². The summed E-state index contributed by atoms with van der Waals surface area (Å²) in [5, 5.41) is 0.